The second-order valence-corrected chi connectivity index (χ2v) is 3.95. The third-order valence-corrected chi connectivity index (χ3v) is 2.55. The van der Waals surface area contributed by atoms with E-state index in [1.807, 2.05) is 31.2 Å². The fraction of sp³-hybridized carbons (Fsp3) is 0.167. The maximum Gasteiger partial charge on any atom is 0.167 e. The summed E-state index contributed by atoms with van der Waals surface area (Å²) in [7, 11) is 0. The molecule has 1 aromatic heterocycles. The van der Waals surface area contributed by atoms with Crippen LogP contribution in [0.1, 0.15) is 22.8 Å². The van der Waals surface area contributed by atoms with Crippen LogP contribution in [-0.4, -0.2) is 15.6 Å². The van der Waals surface area contributed by atoms with E-state index in [1.54, 1.807) is 0 Å². The summed E-state index contributed by atoms with van der Waals surface area (Å²) >= 11 is 0. The highest BCUT2D eigenvalue weighted by molar-refractivity contribution is 6.02. The summed E-state index contributed by atoms with van der Waals surface area (Å²) < 4.78 is 1.49. The van der Waals surface area contributed by atoms with Gasteiger partial charge in [-0.3, -0.25) is 4.79 Å². The van der Waals surface area contributed by atoms with Crippen LogP contribution < -0.4 is 11.5 Å². The molecule has 0 saturated carbocycles. The number of Topliss-reactive ketones (excluding diaryl/α,β-unsaturated/α-hetero) is 1. The van der Waals surface area contributed by atoms with Crippen LogP contribution in [0.4, 0.5) is 11.6 Å². The Morgan fingerprint density at radius 3 is 2.59 bits per heavy atom. The number of aromatic nitrogens is 2. The van der Waals surface area contributed by atoms with Crippen LogP contribution in [0, 0.1) is 6.92 Å². The third kappa shape index (κ3) is 1.87. The molecule has 1 aromatic carbocycles. The first-order valence-corrected chi connectivity index (χ1v) is 5.22. The number of nitrogens with two attached hydrogens (primary N) is 2. The molecule has 0 bridgehead atoms. The molecule has 0 fully saturated rings. The lowest BCUT2D eigenvalue weighted by Gasteiger charge is -2.04. The maximum absolute atomic E-state index is 11.4. The highest BCUT2D eigenvalue weighted by atomic mass is 16.1. The van der Waals surface area contributed by atoms with Gasteiger partial charge >= 0.3 is 0 Å². The minimum Gasteiger partial charge on any atom is -0.383 e. The lowest BCUT2D eigenvalue weighted by Crippen LogP contribution is -2.04. The summed E-state index contributed by atoms with van der Waals surface area (Å²) in [5.41, 5.74) is 13.7. The minimum absolute atomic E-state index is 0.163. The molecule has 0 atom stereocenters. The van der Waals surface area contributed by atoms with Crippen LogP contribution in [-0.2, 0) is 0 Å². The van der Waals surface area contributed by atoms with E-state index in [0.29, 0.717) is 0 Å². The van der Waals surface area contributed by atoms with Crippen molar-refractivity contribution in [2.75, 3.05) is 11.5 Å². The highest BCUT2D eigenvalue weighted by Crippen LogP contribution is 2.23. The summed E-state index contributed by atoms with van der Waals surface area (Å²) in [6.45, 7) is 3.39. The Balaban J connectivity index is 2.62. The van der Waals surface area contributed by atoms with Crippen LogP contribution in [0.5, 0.6) is 0 Å². The molecular formula is C12H14N4O. The van der Waals surface area contributed by atoms with Gasteiger partial charge in [-0.2, -0.15) is 0 Å². The number of carbonyl (C=O) groups excluding carboxylic acids is 1. The molecular weight excluding hydrogens is 216 g/mol. The predicted octanol–water partition coefficient (Wildman–Crippen LogP) is 1.55. The van der Waals surface area contributed by atoms with Crippen molar-refractivity contribution >= 4 is 17.4 Å². The normalized spacial score (nSPS) is 10.5. The Morgan fingerprint density at radius 2 is 2.06 bits per heavy atom. The number of ketones is 1. The van der Waals surface area contributed by atoms with E-state index in [1.165, 1.54) is 11.6 Å². The molecule has 0 radical (unpaired) electrons. The van der Waals surface area contributed by atoms with Gasteiger partial charge in [0.1, 0.15) is 11.4 Å². The quantitative estimate of drug-likeness (QED) is 0.766. The molecule has 4 N–H and O–H groups in total. The van der Waals surface area contributed by atoms with E-state index in [-0.39, 0.29) is 23.0 Å². The van der Waals surface area contributed by atoms with E-state index < -0.39 is 0 Å². The smallest absolute Gasteiger partial charge is 0.167 e. The van der Waals surface area contributed by atoms with Crippen molar-refractivity contribution in [3.8, 4) is 5.69 Å². The Kier molecular flexibility index (Phi) is 2.59. The standard InChI is InChI=1S/C12H14N4O/c1-7-4-3-5-9(6-7)16-12(14)10(8(2)17)11(13)15-16/h3-6H,14H2,1-2H3,(H2,13,15). The van der Waals surface area contributed by atoms with Crippen LogP contribution in [0.2, 0.25) is 0 Å². The van der Waals surface area contributed by atoms with Crippen LogP contribution in [0.3, 0.4) is 0 Å². The van der Waals surface area contributed by atoms with Crippen LogP contribution in [0.25, 0.3) is 5.69 Å². The van der Waals surface area contributed by atoms with E-state index in [9.17, 15) is 4.79 Å². The van der Waals surface area contributed by atoms with Gasteiger partial charge in [0, 0.05) is 0 Å². The molecule has 0 aliphatic carbocycles. The molecule has 0 saturated heterocycles. The van der Waals surface area contributed by atoms with Crippen molar-refractivity contribution in [2.45, 2.75) is 13.8 Å². The van der Waals surface area contributed by atoms with Crippen LogP contribution >= 0.6 is 0 Å². The van der Waals surface area contributed by atoms with Gasteiger partial charge in [-0.15, -0.1) is 5.10 Å². The zero-order valence-electron chi connectivity index (χ0n) is 9.77. The molecule has 5 nitrogen and oxygen atoms in total. The highest BCUT2D eigenvalue weighted by Gasteiger charge is 2.17. The number of nitrogen functional groups attached to an aromatic ring is 2. The molecule has 2 aromatic rings. The largest absolute Gasteiger partial charge is 0.383 e. The molecule has 0 amide bonds. The molecule has 0 unspecified atom stereocenters. The van der Waals surface area contributed by atoms with Gasteiger partial charge in [-0.25, -0.2) is 4.68 Å². The molecule has 17 heavy (non-hydrogen) atoms. The Bertz CT molecular complexity index is 586. The Hall–Kier alpha value is -2.30. The Morgan fingerprint density at radius 1 is 1.35 bits per heavy atom. The Labute approximate surface area is 99.0 Å². The summed E-state index contributed by atoms with van der Waals surface area (Å²) in [4.78, 5) is 11.4. The molecule has 0 aliphatic heterocycles. The number of benzene rings is 1. The third-order valence-electron chi connectivity index (χ3n) is 2.55. The number of anilines is 2. The molecule has 1 heterocycles. The molecule has 5 heteroatoms. The van der Waals surface area contributed by atoms with Gasteiger partial charge in [0.2, 0.25) is 0 Å². The van der Waals surface area contributed by atoms with Gasteiger partial charge < -0.3 is 11.5 Å². The van der Waals surface area contributed by atoms with Gasteiger partial charge in [-0.05, 0) is 31.5 Å². The number of nitrogens with zero attached hydrogens (tertiary/aromatic N) is 2. The summed E-state index contributed by atoms with van der Waals surface area (Å²) in [6, 6.07) is 7.65. The second kappa shape index (κ2) is 3.93. The molecule has 0 spiro atoms. The molecule has 0 aliphatic rings. The van der Waals surface area contributed by atoms with Crippen molar-refractivity contribution in [2.24, 2.45) is 0 Å². The SMILES string of the molecule is CC(=O)c1c(N)nn(-c2cccc(C)c2)c1N. The maximum atomic E-state index is 11.4. The van der Waals surface area contributed by atoms with Gasteiger partial charge in [0.05, 0.1) is 5.69 Å². The number of carbonyl (C=O) groups is 1. The zero-order chi connectivity index (χ0) is 12.6. The van der Waals surface area contributed by atoms with Crippen LogP contribution in [0.15, 0.2) is 24.3 Å². The van der Waals surface area contributed by atoms with E-state index in [4.69, 9.17) is 11.5 Å². The summed E-state index contributed by atoms with van der Waals surface area (Å²) in [5.74, 6) is 0.260. The van der Waals surface area contributed by atoms with Gasteiger partial charge in [-0.1, -0.05) is 12.1 Å². The lowest BCUT2D eigenvalue weighted by molar-refractivity contribution is 0.101. The fourth-order valence-corrected chi connectivity index (χ4v) is 1.77. The van der Waals surface area contributed by atoms with Crippen molar-refractivity contribution in [1.82, 2.24) is 9.78 Å². The van der Waals surface area contributed by atoms with E-state index in [0.717, 1.165) is 11.3 Å². The number of hydrogen-bond donors (Lipinski definition) is 2. The zero-order valence-corrected chi connectivity index (χ0v) is 9.77. The van der Waals surface area contributed by atoms with E-state index >= 15 is 0 Å². The van der Waals surface area contributed by atoms with Gasteiger partial charge in [0.25, 0.3) is 0 Å². The minimum atomic E-state index is -0.182. The molecule has 88 valence electrons. The van der Waals surface area contributed by atoms with Gasteiger partial charge in [0.15, 0.2) is 11.6 Å². The van der Waals surface area contributed by atoms with Crippen molar-refractivity contribution < 1.29 is 4.79 Å². The molecule has 2 rings (SSSR count). The van der Waals surface area contributed by atoms with Crippen molar-refractivity contribution in [3.63, 3.8) is 0 Å². The first-order chi connectivity index (χ1) is 8.00. The van der Waals surface area contributed by atoms with Crippen molar-refractivity contribution in [1.29, 1.82) is 0 Å². The predicted molar refractivity (Wildman–Crippen MR) is 67.1 cm³/mol. The first kappa shape index (κ1) is 11.2. The summed E-state index contributed by atoms with van der Waals surface area (Å²) in [6.07, 6.45) is 0. The van der Waals surface area contributed by atoms with E-state index in [2.05, 4.69) is 5.10 Å². The average Bonchev–Trinajstić information content (AvgIpc) is 2.54. The van der Waals surface area contributed by atoms with Crippen molar-refractivity contribution in [3.05, 3.63) is 35.4 Å². The number of aryl methyl sites for hydroxylation is 1. The monoisotopic (exact) mass is 230 g/mol. The lowest BCUT2D eigenvalue weighted by atomic mass is 10.2. The summed E-state index contributed by atoms with van der Waals surface area (Å²) in [5, 5.41) is 4.09. The average molecular weight is 230 g/mol. The number of hydrogen-bond acceptors (Lipinski definition) is 4. The first-order valence-electron chi connectivity index (χ1n) is 5.22. The number of rotatable bonds is 2. The fourth-order valence-electron chi connectivity index (χ4n) is 1.77. The second-order valence-electron chi connectivity index (χ2n) is 3.95. The topological polar surface area (TPSA) is 86.9 Å².